The SMILES string of the molecule is CCN(CC(=O)O)C1CC(NS(=O)(=O)c2c(F)cccc2F)C1. The lowest BCUT2D eigenvalue weighted by Gasteiger charge is -2.42. The first-order valence-corrected chi connectivity index (χ1v) is 8.65. The molecule has 0 bridgehead atoms. The second-order valence-electron chi connectivity index (χ2n) is 5.45. The number of halogens is 2. The van der Waals surface area contributed by atoms with Crippen LogP contribution < -0.4 is 4.72 Å². The number of carboxylic acid groups (broad SMARTS) is 1. The zero-order chi connectivity index (χ0) is 17.2. The fourth-order valence-electron chi connectivity index (χ4n) is 2.67. The third-order valence-electron chi connectivity index (χ3n) is 3.88. The molecule has 2 N–H and O–H groups in total. The Morgan fingerprint density at radius 3 is 2.39 bits per heavy atom. The maximum absolute atomic E-state index is 13.6. The Hall–Kier alpha value is -1.58. The summed E-state index contributed by atoms with van der Waals surface area (Å²) in [7, 11) is -4.30. The molecule has 9 heteroatoms. The average Bonchev–Trinajstić information content (AvgIpc) is 2.39. The fourth-order valence-corrected chi connectivity index (χ4v) is 4.07. The number of benzene rings is 1. The van der Waals surface area contributed by atoms with Crippen LogP contribution in [0.4, 0.5) is 8.78 Å². The molecule has 1 aromatic carbocycles. The van der Waals surface area contributed by atoms with Gasteiger partial charge in [-0.15, -0.1) is 0 Å². The van der Waals surface area contributed by atoms with Gasteiger partial charge in [-0.2, -0.15) is 0 Å². The van der Waals surface area contributed by atoms with Crippen LogP contribution >= 0.6 is 0 Å². The molecule has 6 nitrogen and oxygen atoms in total. The lowest BCUT2D eigenvalue weighted by molar-refractivity contribution is -0.139. The van der Waals surface area contributed by atoms with Crippen LogP contribution in [0.3, 0.4) is 0 Å². The summed E-state index contributed by atoms with van der Waals surface area (Å²) in [6.45, 7) is 2.22. The van der Waals surface area contributed by atoms with E-state index in [1.54, 1.807) is 4.90 Å². The van der Waals surface area contributed by atoms with E-state index in [9.17, 15) is 22.0 Å². The van der Waals surface area contributed by atoms with Gasteiger partial charge >= 0.3 is 5.97 Å². The minimum Gasteiger partial charge on any atom is -0.480 e. The Morgan fingerprint density at radius 2 is 1.91 bits per heavy atom. The second kappa shape index (κ2) is 6.90. The van der Waals surface area contributed by atoms with Gasteiger partial charge in [-0.25, -0.2) is 21.9 Å². The van der Waals surface area contributed by atoms with Crippen LogP contribution in [0.2, 0.25) is 0 Å². The Balaban J connectivity index is 2.01. The molecule has 128 valence electrons. The van der Waals surface area contributed by atoms with Gasteiger partial charge < -0.3 is 5.11 Å². The minimum atomic E-state index is -4.30. The Kier molecular flexibility index (Phi) is 5.33. The van der Waals surface area contributed by atoms with E-state index < -0.39 is 38.6 Å². The van der Waals surface area contributed by atoms with Gasteiger partial charge in [0.15, 0.2) is 4.90 Å². The van der Waals surface area contributed by atoms with Gasteiger partial charge in [0.05, 0.1) is 6.54 Å². The van der Waals surface area contributed by atoms with Crippen LogP contribution in [0.1, 0.15) is 19.8 Å². The Labute approximate surface area is 133 Å². The highest BCUT2D eigenvalue weighted by atomic mass is 32.2. The number of hydrogen-bond acceptors (Lipinski definition) is 4. The van der Waals surface area contributed by atoms with Crippen LogP contribution in [0.15, 0.2) is 23.1 Å². The molecule has 1 aliphatic carbocycles. The topological polar surface area (TPSA) is 86.7 Å². The van der Waals surface area contributed by atoms with E-state index in [0.29, 0.717) is 19.4 Å². The summed E-state index contributed by atoms with van der Waals surface area (Å²) in [5.74, 6) is -3.24. The molecule has 23 heavy (non-hydrogen) atoms. The van der Waals surface area contributed by atoms with Crippen molar-refractivity contribution in [1.82, 2.24) is 9.62 Å². The Bertz CT molecular complexity index is 670. The molecule has 0 radical (unpaired) electrons. The molecular weight excluding hydrogens is 330 g/mol. The van der Waals surface area contributed by atoms with Crippen molar-refractivity contribution >= 4 is 16.0 Å². The summed E-state index contributed by atoms with van der Waals surface area (Å²) in [6.07, 6.45) is 0.798. The number of nitrogens with one attached hydrogen (secondary N) is 1. The van der Waals surface area contributed by atoms with E-state index in [-0.39, 0.29) is 12.6 Å². The normalized spacial score (nSPS) is 21.2. The summed E-state index contributed by atoms with van der Waals surface area (Å²) in [6, 6.07) is 2.33. The quantitative estimate of drug-likeness (QED) is 0.773. The zero-order valence-electron chi connectivity index (χ0n) is 12.5. The lowest BCUT2D eigenvalue weighted by Crippen LogP contribution is -2.54. The molecular formula is C14H18F2N2O4S. The zero-order valence-corrected chi connectivity index (χ0v) is 13.3. The van der Waals surface area contributed by atoms with E-state index in [4.69, 9.17) is 5.11 Å². The summed E-state index contributed by atoms with van der Waals surface area (Å²) in [5, 5.41) is 8.81. The molecule has 1 saturated carbocycles. The van der Waals surface area contributed by atoms with E-state index in [1.807, 2.05) is 6.92 Å². The average molecular weight is 348 g/mol. The van der Waals surface area contributed by atoms with Crippen LogP contribution in [0.25, 0.3) is 0 Å². The van der Waals surface area contributed by atoms with Crippen LogP contribution in [-0.2, 0) is 14.8 Å². The van der Waals surface area contributed by atoms with Gasteiger partial charge in [0, 0.05) is 12.1 Å². The van der Waals surface area contributed by atoms with E-state index in [0.717, 1.165) is 18.2 Å². The van der Waals surface area contributed by atoms with Crippen molar-refractivity contribution in [3.8, 4) is 0 Å². The number of sulfonamides is 1. The van der Waals surface area contributed by atoms with E-state index in [1.165, 1.54) is 0 Å². The molecule has 2 rings (SSSR count). The number of carboxylic acids is 1. The molecule has 0 amide bonds. The number of likely N-dealkylation sites (N-methyl/N-ethyl adjacent to an activating group) is 1. The highest BCUT2D eigenvalue weighted by Crippen LogP contribution is 2.28. The standard InChI is InChI=1S/C14H18F2N2O4S/c1-2-18(8-13(19)20)10-6-9(7-10)17-23(21,22)14-11(15)4-3-5-12(14)16/h3-5,9-10,17H,2,6-8H2,1H3,(H,19,20). The first-order valence-electron chi connectivity index (χ1n) is 7.16. The first kappa shape index (κ1) is 17.8. The van der Waals surface area contributed by atoms with Gasteiger partial charge in [-0.1, -0.05) is 13.0 Å². The van der Waals surface area contributed by atoms with Crippen molar-refractivity contribution in [3.63, 3.8) is 0 Å². The second-order valence-corrected chi connectivity index (χ2v) is 7.10. The number of rotatable bonds is 7. The van der Waals surface area contributed by atoms with E-state index in [2.05, 4.69) is 4.72 Å². The minimum absolute atomic E-state index is 0.0609. The number of aliphatic carboxylic acids is 1. The Morgan fingerprint density at radius 1 is 1.35 bits per heavy atom. The number of nitrogens with zero attached hydrogens (tertiary/aromatic N) is 1. The summed E-state index contributed by atoms with van der Waals surface area (Å²) >= 11 is 0. The molecule has 0 aromatic heterocycles. The van der Waals surface area contributed by atoms with Gasteiger partial charge in [-0.05, 0) is 31.5 Å². The molecule has 1 fully saturated rings. The highest BCUT2D eigenvalue weighted by molar-refractivity contribution is 7.89. The van der Waals surface area contributed by atoms with Gasteiger partial charge in [0.25, 0.3) is 0 Å². The molecule has 0 heterocycles. The molecule has 0 atom stereocenters. The maximum Gasteiger partial charge on any atom is 0.317 e. The van der Waals surface area contributed by atoms with Gasteiger partial charge in [0.2, 0.25) is 10.0 Å². The molecule has 0 aliphatic heterocycles. The fraction of sp³-hybridized carbons (Fsp3) is 0.500. The van der Waals surface area contributed by atoms with Crippen molar-refractivity contribution in [1.29, 1.82) is 0 Å². The third kappa shape index (κ3) is 4.04. The number of hydrogen-bond donors (Lipinski definition) is 2. The molecule has 0 saturated heterocycles. The predicted molar refractivity (Wildman–Crippen MR) is 78.4 cm³/mol. The molecule has 0 spiro atoms. The third-order valence-corrected chi connectivity index (χ3v) is 5.45. The van der Waals surface area contributed by atoms with Gasteiger partial charge in [0.1, 0.15) is 11.6 Å². The van der Waals surface area contributed by atoms with Crippen LogP contribution in [-0.4, -0.2) is 49.6 Å². The monoisotopic (exact) mass is 348 g/mol. The summed E-state index contributed by atoms with van der Waals surface area (Å²) in [4.78, 5) is 11.5. The molecule has 1 aliphatic rings. The first-order chi connectivity index (χ1) is 10.7. The maximum atomic E-state index is 13.6. The van der Waals surface area contributed by atoms with Gasteiger partial charge in [-0.3, -0.25) is 9.69 Å². The molecule has 0 unspecified atom stereocenters. The summed E-state index contributed by atoms with van der Waals surface area (Å²) in [5.41, 5.74) is 0. The number of carbonyl (C=O) groups is 1. The highest BCUT2D eigenvalue weighted by Gasteiger charge is 2.37. The van der Waals surface area contributed by atoms with Crippen LogP contribution in [0, 0.1) is 11.6 Å². The smallest absolute Gasteiger partial charge is 0.317 e. The van der Waals surface area contributed by atoms with Crippen molar-refractivity contribution in [2.45, 2.75) is 36.7 Å². The molecule has 1 aromatic rings. The van der Waals surface area contributed by atoms with Crippen molar-refractivity contribution in [3.05, 3.63) is 29.8 Å². The predicted octanol–water partition coefficient (Wildman–Crippen LogP) is 1.18. The summed E-state index contributed by atoms with van der Waals surface area (Å²) < 4.78 is 53.7. The lowest BCUT2D eigenvalue weighted by atomic mass is 9.86. The van der Waals surface area contributed by atoms with Crippen molar-refractivity contribution < 1.29 is 27.1 Å². The van der Waals surface area contributed by atoms with E-state index >= 15 is 0 Å². The van der Waals surface area contributed by atoms with Crippen molar-refractivity contribution in [2.75, 3.05) is 13.1 Å². The van der Waals surface area contributed by atoms with Crippen molar-refractivity contribution in [2.24, 2.45) is 0 Å². The van der Waals surface area contributed by atoms with Crippen LogP contribution in [0.5, 0.6) is 0 Å². The largest absolute Gasteiger partial charge is 0.480 e.